The van der Waals surface area contributed by atoms with Crippen LogP contribution in [0, 0.1) is 6.92 Å². The maximum atomic E-state index is 11.9. The summed E-state index contributed by atoms with van der Waals surface area (Å²) in [7, 11) is 0. The van der Waals surface area contributed by atoms with Crippen LogP contribution in [0.4, 0.5) is 0 Å². The molecule has 0 aliphatic rings. The summed E-state index contributed by atoms with van der Waals surface area (Å²) in [6.07, 6.45) is 0.780. The van der Waals surface area contributed by atoms with Gasteiger partial charge in [-0.25, -0.2) is 0 Å². The van der Waals surface area contributed by atoms with Crippen molar-refractivity contribution in [3.05, 3.63) is 51.3 Å². The first kappa shape index (κ1) is 13.1. The molecule has 1 amide bonds. The third kappa shape index (κ3) is 3.31. The van der Waals surface area contributed by atoms with E-state index in [1.165, 1.54) is 12.1 Å². The van der Waals surface area contributed by atoms with Crippen molar-refractivity contribution < 1.29 is 9.32 Å². The molecule has 2 N–H and O–H groups in total. The molecule has 0 unspecified atom stereocenters. The third-order valence-electron chi connectivity index (χ3n) is 2.61. The number of aryl methyl sites for hydroxylation is 2. The molecule has 0 saturated carbocycles. The van der Waals surface area contributed by atoms with Gasteiger partial charge in [0.15, 0.2) is 11.2 Å². The van der Waals surface area contributed by atoms with Crippen molar-refractivity contribution in [2.24, 2.45) is 0 Å². The summed E-state index contributed by atoms with van der Waals surface area (Å²) < 4.78 is 5.05. The maximum absolute atomic E-state index is 11.9. The molecule has 19 heavy (non-hydrogen) atoms. The number of aromatic amines is 1. The molecule has 2 heterocycles. The largest absolute Gasteiger partial charge is 0.359 e. The topological polar surface area (TPSA) is 88.0 Å². The van der Waals surface area contributed by atoms with Crippen molar-refractivity contribution in [2.45, 2.75) is 26.8 Å². The first-order valence-electron chi connectivity index (χ1n) is 6.02. The smallest absolute Gasteiger partial charge is 0.268 e. The van der Waals surface area contributed by atoms with Crippen LogP contribution in [-0.2, 0) is 13.0 Å². The Hall–Kier alpha value is -2.37. The van der Waals surface area contributed by atoms with Crippen LogP contribution in [0.2, 0.25) is 0 Å². The average Bonchev–Trinajstić information content (AvgIpc) is 2.82. The minimum atomic E-state index is -0.352. The SMILES string of the molecule is CCc1cc(CNC(=O)c2cc(=O)cc(C)[nH]2)on1. The standard InChI is InChI=1S/C13H15N3O3/c1-3-9-5-11(19-16-9)7-14-13(18)12-6-10(17)4-8(2)15-12/h4-6H,3,7H2,1-2H3,(H,14,18)(H,15,17). The molecule has 2 rings (SSSR count). The Morgan fingerprint density at radius 3 is 2.84 bits per heavy atom. The van der Waals surface area contributed by atoms with Crippen molar-refractivity contribution in [1.82, 2.24) is 15.5 Å². The van der Waals surface area contributed by atoms with E-state index in [-0.39, 0.29) is 23.6 Å². The number of carbonyl (C=O) groups is 1. The first-order valence-corrected chi connectivity index (χ1v) is 6.02. The lowest BCUT2D eigenvalue weighted by atomic mass is 10.3. The van der Waals surface area contributed by atoms with Gasteiger partial charge in [-0.1, -0.05) is 12.1 Å². The van der Waals surface area contributed by atoms with E-state index in [2.05, 4.69) is 15.5 Å². The highest BCUT2D eigenvalue weighted by atomic mass is 16.5. The molecule has 6 heteroatoms. The van der Waals surface area contributed by atoms with Crippen LogP contribution >= 0.6 is 0 Å². The van der Waals surface area contributed by atoms with E-state index >= 15 is 0 Å². The summed E-state index contributed by atoms with van der Waals surface area (Å²) in [5, 5.41) is 6.49. The Labute approximate surface area is 109 Å². The van der Waals surface area contributed by atoms with E-state index < -0.39 is 0 Å². The highest BCUT2D eigenvalue weighted by Crippen LogP contribution is 2.04. The fraction of sp³-hybridized carbons (Fsp3) is 0.308. The molecule has 0 spiro atoms. The molecule has 0 aliphatic carbocycles. The molecule has 100 valence electrons. The van der Waals surface area contributed by atoms with Crippen molar-refractivity contribution in [2.75, 3.05) is 0 Å². The minimum Gasteiger partial charge on any atom is -0.359 e. The number of nitrogens with zero attached hydrogens (tertiary/aromatic N) is 1. The summed E-state index contributed by atoms with van der Waals surface area (Å²) in [6, 6.07) is 4.49. The Morgan fingerprint density at radius 1 is 1.42 bits per heavy atom. The molecule has 0 atom stereocenters. The second-order valence-electron chi connectivity index (χ2n) is 4.23. The van der Waals surface area contributed by atoms with Crippen LogP contribution in [0.5, 0.6) is 0 Å². The molecule has 2 aromatic heterocycles. The molecular formula is C13H15N3O3. The minimum absolute atomic E-state index is 0.200. The molecule has 6 nitrogen and oxygen atoms in total. The zero-order valence-electron chi connectivity index (χ0n) is 10.8. The molecule has 0 aliphatic heterocycles. The van der Waals surface area contributed by atoms with Gasteiger partial charge in [0.05, 0.1) is 12.2 Å². The number of carbonyl (C=O) groups excluding carboxylic acids is 1. The van der Waals surface area contributed by atoms with Gasteiger partial charge in [0, 0.05) is 23.9 Å². The van der Waals surface area contributed by atoms with Gasteiger partial charge in [-0.05, 0) is 13.3 Å². The monoisotopic (exact) mass is 261 g/mol. The summed E-state index contributed by atoms with van der Waals surface area (Å²) >= 11 is 0. The van der Waals surface area contributed by atoms with E-state index in [4.69, 9.17) is 4.52 Å². The molecule has 0 aromatic carbocycles. The van der Waals surface area contributed by atoms with Gasteiger partial charge in [-0.3, -0.25) is 9.59 Å². The first-order chi connectivity index (χ1) is 9.08. The van der Waals surface area contributed by atoms with Gasteiger partial charge in [0.1, 0.15) is 5.69 Å². The number of hydrogen-bond acceptors (Lipinski definition) is 4. The van der Waals surface area contributed by atoms with Gasteiger partial charge in [0.2, 0.25) is 0 Å². The molecule has 0 saturated heterocycles. The molecule has 2 aromatic rings. The summed E-state index contributed by atoms with van der Waals surface area (Å²) in [5.41, 5.74) is 1.52. The lowest BCUT2D eigenvalue weighted by molar-refractivity contribution is 0.0941. The second kappa shape index (κ2) is 5.51. The number of H-pyrrole nitrogens is 1. The van der Waals surface area contributed by atoms with Crippen molar-refractivity contribution in [3.63, 3.8) is 0 Å². The summed E-state index contributed by atoms with van der Waals surface area (Å²) in [5.74, 6) is 0.232. The zero-order valence-corrected chi connectivity index (χ0v) is 10.8. The van der Waals surface area contributed by atoms with E-state index in [0.29, 0.717) is 11.5 Å². The van der Waals surface area contributed by atoms with Crippen LogP contribution < -0.4 is 10.7 Å². The van der Waals surface area contributed by atoms with Gasteiger partial charge in [-0.15, -0.1) is 0 Å². The normalized spacial score (nSPS) is 10.4. The summed E-state index contributed by atoms with van der Waals surface area (Å²) in [4.78, 5) is 26.0. The quantitative estimate of drug-likeness (QED) is 0.864. The fourth-order valence-electron chi connectivity index (χ4n) is 1.67. The van der Waals surface area contributed by atoms with Gasteiger partial charge in [0.25, 0.3) is 5.91 Å². The number of hydrogen-bond donors (Lipinski definition) is 2. The average molecular weight is 261 g/mol. The van der Waals surface area contributed by atoms with Crippen molar-refractivity contribution >= 4 is 5.91 Å². The Kier molecular flexibility index (Phi) is 3.79. The second-order valence-corrected chi connectivity index (χ2v) is 4.23. The fourth-order valence-corrected chi connectivity index (χ4v) is 1.67. The highest BCUT2D eigenvalue weighted by Gasteiger charge is 2.09. The van der Waals surface area contributed by atoms with Crippen molar-refractivity contribution in [3.8, 4) is 0 Å². The van der Waals surface area contributed by atoms with E-state index in [1.54, 1.807) is 13.0 Å². The van der Waals surface area contributed by atoms with Crippen LogP contribution in [0.1, 0.15) is 34.6 Å². The summed E-state index contributed by atoms with van der Waals surface area (Å²) in [6.45, 7) is 3.93. The predicted octanol–water partition coefficient (Wildman–Crippen LogP) is 1.16. The Balaban J connectivity index is 2.03. The molecule has 0 bridgehead atoms. The molecule has 0 radical (unpaired) electrons. The zero-order chi connectivity index (χ0) is 13.8. The number of pyridine rings is 1. The number of aromatic nitrogens is 2. The van der Waals surface area contributed by atoms with Gasteiger partial charge in [-0.2, -0.15) is 0 Å². The predicted molar refractivity (Wildman–Crippen MR) is 68.9 cm³/mol. The lowest BCUT2D eigenvalue weighted by Gasteiger charge is -2.03. The van der Waals surface area contributed by atoms with Gasteiger partial charge < -0.3 is 14.8 Å². The number of nitrogens with one attached hydrogen (secondary N) is 2. The van der Waals surface area contributed by atoms with Crippen LogP contribution in [0.15, 0.2) is 27.5 Å². The van der Waals surface area contributed by atoms with E-state index in [9.17, 15) is 9.59 Å². The number of amides is 1. The Bertz CT molecular complexity index is 643. The Morgan fingerprint density at radius 2 is 2.21 bits per heavy atom. The lowest BCUT2D eigenvalue weighted by Crippen LogP contribution is -2.25. The van der Waals surface area contributed by atoms with Crippen LogP contribution in [0.3, 0.4) is 0 Å². The van der Waals surface area contributed by atoms with Gasteiger partial charge >= 0.3 is 0 Å². The van der Waals surface area contributed by atoms with Crippen LogP contribution in [0.25, 0.3) is 0 Å². The van der Waals surface area contributed by atoms with E-state index in [1.807, 2.05) is 6.92 Å². The highest BCUT2D eigenvalue weighted by molar-refractivity contribution is 5.92. The third-order valence-corrected chi connectivity index (χ3v) is 2.61. The van der Waals surface area contributed by atoms with E-state index in [0.717, 1.165) is 12.1 Å². The maximum Gasteiger partial charge on any atom is 0.268 e. The molecule has 0 fully saturated rings. The van der Waals surface area contributed by atoms with Crippen LogP contribution in [-0.4, -0.2) is 16.0 Å². The molecular weight excluding hydrogens is 246 g/mol. The van der Waals surface area contributed by atoms with Crippen molar-refractivity contribution in [1.29, 1.82) is 0 Å². The number of rotatable bonds is 4.